The molecule has 0 aliphatic carbocycles. The fourth-order valence-electron chi connectivity index (χ4n) is 1.61. The predicted octanol–water partition coefficient (Wildman–Crippen LogP) is 1.93. The quantitative estimate of drug-likeness (QED) is 0.654. The van der Waals surface area contributed by atoms with E-state index in [1.54, 1.807) is 18.2 Å². The predicted molar refractivity (Wildman–Crippen MR) is 83.7 cm³/mol. The van der Waals surface area contributed by atoms with Crippen LogP contribution in [-0.2, 0) is 9.59 Å². The van der Waals surface area contributed by atoms with Crippen LogP contribution in [0, 0.1) is 0 Å². The zero-order chi connectivity index (χ0) is 15.6. The Kier molecular flexibility index (Phi) is 5.75. The highest BCUT2D eigenvalue weighted by molar-refractivity contribution is 5.93. The molecule has 0 saturated carbocycles. The lowest BCUT2D eigenvalue weighted by Gasteiger charge is -2.07. The first kappa shape index (κ1) is 15.3. The van der Waals surface area contributed by atoms with Crippen molar-refractivity contribution in [2.45, 2.75) is 0 Å². The first-order chi connectivity index (χ1) is 10.7. The summed E-state index contributed by atoms with van der Waals surface area (Å²) in [7, 11) is 0. The van der Waals surface area contributed by atoms with Gasteiger partial charge in [-0.3, -0.25) is 20.4 Å². The molecule has 0 aromatic heterocycles. The van der Waals surface area contributed by atoms with E-state index in [4.69, 9.17) is 4.74 Å². The third-order valence-corrected chi connectivity index (χ3v) is 2.66. The number of para-hydroxylation sites is 1. The summed E-state index contributed by atoms with van der Waals surface area (Å²) >= 11 is 0. The van der Waals surface area contributed by atoms with Crippen LogP contribution in [0.4, 0.5) is 0 Å². The van der Waals surface area contributed by atoms with Gasteiger partial charge in [-0.2, -0.15) is 0 Å². The van der Waals surface area contributed by atoms with Crippen molar-refractivity contribution in [2.75, 3.05) is 6.61 Å². The second-order valence-electron chi connectivity index (χ2n) is 4.38. The molecule has 2 N–H and O–H groups in total. The Hall–Kier alpha value is -3.08. The van der Waals surface area contributed by atoms with Crippen LogP contribution in [0.15, 0.2) is 66.7 Å². The smallest absolute Gasteiger partial charge is 0.276 e. The van der Waals surface area contributed by atoms with E-state index in [-0.39, 0.29) is 6.61 Å². The van der Waals surface area contributed by atoms with Crippen molar-refractivity contribution in [2.24, 2.45) is 0 Å². The zero-order valence-corrected chi connectivity index (χ0v) is 11.9. The number of hydrogen-bond donors (Lipinski definition) is 2. The highest BCUT2D eigenvalue weighted by atomic mass is 16.5. The van der Waals surface area contributed by atoms with Crippen LogP contribution in [0.2, 0.25) is 0 Å². The molecular weight excluding hydrogens is 280 g/mol. The van der Waals surface area contributed by atoms with E-state index < -0.39 is 11.8 Å². The summed E-state index contributed by atoms with van der Waals surface area (Å²) < 4.78 is 5.25. The standard InChI is InChI=1S/C17H16N2O3/c20-16(12-11-14-7-3-1-4-8-14)18-19-17(21)13-22-15-9-5-2-6-10-15/h1-12H,13H2,(H,18,20)(H,19,21). The van der Waals surface area contributed by atoms with E-state index >= 15 is 0 Å². The minimum absolute atomic E-state index is 0.174. The summed E-state index contributed by atoms with van der Waals surface area (Å²) in [4.78, 5) is 23.1. The van der Waals surface area contributed by atoms with Gasteiger partial charge in [-0.1, -0.05) is 48.5 Å². The van der Waals surface area contributed by atoms with Crippen molar-refractivity contribution in [1.82, 2.24) is 10.9 Å². The van der Waals surface area contributed by atoms with Crippen molar-refractivity contribution in [3.05, 3.63) is 72.3 Å². The normalized spacial score (nSPS) is 10.2. The Morgan fingerprint density at radius 3 is 2.23 bits per heavy atom. The van der Waals surface area contributed by atoms with Crippen molar-refractivity contribution in [1.29, 1.82) is 0 Å². The molecule has 2 amide bonds. The van der Waals surface area contributed by atoms with Crippen molar-refractivity contribution < 1.29 is 14.3 Å². The lowest BCUT2D eigenvalue weighted by molar-refractivity contribution is -0.128. The van der Waals surface area contributed by atoms with Gasteiger partial charge in [-0.15, -0.1) is 0 Å². The van der Waals surface area contributed by atoms with Gasteiger partial charge in [0.25, 0.3) is 11.8 Å². The van der Waals surface area contributed by atoms with Crippen LogP contribution >= 0.6 is 0 Å². The summed E-state index contributed by atoms with van der Waals surface area (Å²) in [5.41, 5.74) is 5.46. The summed E-state index contributed by atoms with van der Waals surface area (Å²) in [5.74, 6) is -0.268. The largest absolute Gasteiger partial charge is 0.484 e. The van der Waals surface area contributed by atoms with E-state index in [0.717, 1.165) is 5.56 Å². The lowest BCUT2D eigenvalue weighted by Crippen LogP contribution is -2.43. The Balaban J connectivity index is 1.69. The van der Waals surface area contributed by atoms with Gasteiger partial charge in [-0.05, 0) is 23.8 Å². The Labute approximate surface area is 128 Å². The summed E-state index contributed by atoms with van der Waals surface area (Å²) in [6.45, 7) is -0.174. The number of amides is 2. The molecule has 22 heavy (non-hydrogen) atoms. The number of carbonyl (C=O) groups excluding carboxylic acids is 2. The van der Waals surface area contributed by atoms with Gasteiger partial charge in [0.05, 0.1) is 0 Å². The number of hydrazine groups is 1. The number of benzene rings is 2. The highest BCUT2D eigenvalue weighted by Gasteiger charge is 2.03. The molecule has 2 aromatic carbocycles. The fourth-order valence-corrected chi connectivity index (χ4v) is 1.61. The van der Waals surface area contributed by atoms with Gasteiger partial charge in [0.2, 0.25) is 0 Å². The molecule has 0 saturated heterocycles. The van der Waals surface area contributed by atoms with Crippen LogP contribution in [-0.4, -0.2) is 18.4 Å². The molecule has 0 unspecified atom stereocenters. The number of carbonyl (C=O) groups is 2. The van der Waals surface area contributed by atoms with E-state index in [2.05, 4.69) is 10.9 Å². The molecule has 0 heterocycles. The number of hydrogen-bond acceptors (Lipinski definition) is 3. The molecule has 2 aromatic rings. The zero-order valence-electron chi connectivity index (χ0n) is 11.9. The Bertz CT molecular complexity index is 639. The minimum atomic E-state index is -0.440. The van der Waals surface area contributed by atoms with E-state index in [9.17, 15) is 9.59 Å². The molecule has 0 aliphatic rings. The fraction of sp³-hybridized carbons (Fsp3) is 0.0588. The molecule has 112 valence electrons. The van der Waals surface area contributed by atoms with E-state index in [1.807, 2.05) is 48.5 Å². The first-order valence-corrected chi connectivity index (χ1v) is 6.74. The first-order valence-electron chi connectivity index (χ1n) is 6.74. The monoisotopic (exact) mass is 296 g/mol. The van der Waals surface area contributed by atoms with Gasteiger partial charge in [0.15, 0.2) is 6.61 Å². The SMILES string of the molecule is O=C(C=Cc1ccccc1)NNC(=O)COc1ccccc1. The highest BCUT2D eigenvalue weighted by Crippen LogP contribution is 2.07. The van der Waals surface area contributed by atoms with E-state index in [1.165, 1.54) is 6.08 Å². The van der Waals surface area contributed by atoms with Crippen molar-refractivity contribution in [3.8, 4) is 5.75 Å². The average Bonchev–Trinajstić information content (AvgIpc) is 2.58. The molecule has 5 heteroatoms. The average molecular weight is 296 g/mol. The molecule has 0 bridgehead atoms. The molecule has 0 fully saturated rings. The van der Waals surface area contributed by atoms with Crippen LogP contribution in [0.25, 0.3) is 6.08 Å². The third-order valence-electron chi connectivity index (χ3n) is 2.66. The molecule has 0 radical (unpaired) electrons. The maximum atomic E-state index is 11.5. The summed E-state index contributed by atoms with van der Waals surface area (Å²) in [5, 5.41) is 0. The maximum Gasteiger partial charge on any atom is 0.276 e. The van der Waals surface area contributed by atoms with Crippen LogP contribution in [0.1, 0.15) is 5.56 Å². The number of ether oxygens (including phenoxy) is 1. The Morgan fingerprint density at radius 1 is 0.909 bits per heavy atom. The second-order valence-corrected chi connectivity index (χ2v) is 4.38. The molecular formula is C17H16N2O3. The molecule has 0 spiro atoms. The van der Waals surface area contributed by atoms with Gasteiger partial charge < -0.3 is 4.74 Å². The third kappa shape index (κ3) is 5.50. The number of nitrogens with one attached hydrogen (secondary N) is 2. The Morgan fingerprint density at radius 2 is 1.55 bits per heavy atom. The van der Waals surface area contributed by atoms with Gasteiger partial charge in [0.1, 0.15) is 5.75 Å². The van der Waals surface area contributed by atoms with Crippen molar-refractivity contribution in [3.63, 3.8) is 0 Å². The van der Waals surface area contributed by atoms with Crippen molar-refractivity contribution >= 4 is 17.9 Å². The van der Waals surface area contributed by atoms with E-state index in [0.29, 0.717) is 5.75 Å². The summed E-state index contributed by atoms with van der Waals surface area (Å²) in [6.07, 6.45) is 3.00. The lowest BCUT2D eigenvalue weighted by atomic mass is 10.2. The van der Waals surface area contributed by atoms with Crippen LogP contribution in [0.5, 0.6) is 5.75 Å². The van der Waals surface area contributed by atoms with Gasteiger partial charge in [-0.25, -0.2) is 0 Å². The molecule has 0 aliphatic heterocycles. The minimum Gasteiger partial charge on any atom is -0.484 e. The molecule has 0 atom stereocenters. The van der Waals surface area contributed by atoms with Crippen LogP contribution < -0.4 is 15.6 Å². The number of rotatable bonds is 5. The molecule has 2 rings (SSSR count). The van der Waals surface area contributed by atoms with Gasteiger partial charge in [0, 0.05) is 6.08 Å². The molecule has 5 nitrogen and oxygen atoms in total. The maximum absolute atomic E-state index is 11.5. The topological polar surface area (TPSA) is 67.4 Å². The van der Waals surface area contributed by atoms with Crippen LogP contribution in [0.3, 0.4) is 0 Å². The second kappa shape index (κ2) is 8.26. The summed E-state index contributed by atoms with van der Waals surface area (Å²) in [6, 6.07) is 18.3. The van der Waals surface area contributed by atoms with Gasteiger partial charge >= 0.3 is 0 Å².